The number of hydrogen-bond acceptors (Lipinski definition) is 3. The summed E-state index contributed by atoms with van der Waals surface area (Å²) in [6.07, 6.45) is 0.770. The number of hydrogen-bond donors (Lipinski definition) is 1. The van der Waals surface area contributed by atoms with Gasteiger partial charge in [-0.3, -0.25) is 4.79 Å². The van der Waals surface area contributed by atoms with E-state index in [1.807, 2.05) is 41.5 Å². The van der Waals surface area contributed by atoms with Crippen LogP contribution in [0.4, 0.5) is 0 Å². The minimum absolute atomic E-state index is 0.155. The summed E-state index contributed by atoms with van der Waals surface area (Å²) < 4.78 is 5.31. The summed E-state index contributed by atoms with van der Waals surface area (Å²) >= 11 is 0. The molecule has 84 valence electrons. The third-order valence-electron chi connectivity index (χ3n) is 2.29. The minimum atomic E-state index is -0.609. The Bertz CT molecular complexity index is 204. The highest BCUT2D eigenvalue weighted by Crippen LogP contribution is 2.25. The summed E-state index contributed by atoms with van der Waals surface area (Å²) in [5.74, 6) is -0.223. The predicted octanol–water partition coefficient (Wildman–Crippen LogP) is 2.09. The average Bonchev–Trinajstić information content (AvgIpc) is 1.99. The van der Waals surface area contributed by atoms with Crippen LogP contribution in [-0.2, 0) is 9.53 Å². The van der Waals surface area contributed by atoms with E-state index >= 15 is 0 Å². The summed E-state index contributed by atoms with van der Waals surface area (Å²) in [5.41, 5.74) is 4.82. The van der Waals surface area contributed by atoms with Crippen molar-refractivity contribution in [1.29, 1.82) is 0 Å². The number of nitrogens with two attached hydrogens (primary N) is 1. The largest absolute Gasteiger partial charge is 0.460 e. The van der Waals surface area contributed by atoms with Crippen molar-refractivity contribution < 1.29 is 9.53 Å². The van der Waals surface area contributed by atoms with Crippen LogP contribution in [0.1, 0.15) is 48.0 Å². The van der Waals surface area contributed by atoms with Crippen molar-refractivity contribution >= 4 is 5.97 Å². The van der Waals surface area contributed by atoms with E-state index in [1.54, 1.807) is 0 Å². The van der Waals surface area contributed by atoms with Crippen LogP contribution in [0.3, 0.4) is 0 Å². The van der Waals surface area contributed by atoms with E-state index in [-0.39, 0.29) is 12.0 Å². The maximum atomic E-state index is 11.8. The Kier molecular flexibility index (Phi) is 4.13. The van der Waals surface area contributed by atoms with Crippen LogP contribution >= 0.6 is 0 Å². The summed E-state index contributed by atoms with van der Waals surface area (Å²) in [5, 5.41) is 0. The Balaban J connectivity index is 4.52. The van der Waals surface area contributed by atoms with Crippen LogP contribution in [0.25, 0.3) is 0 Å². The zero-order valence-electron chi connectivity index (χ0n) is 10.2. The van der Waals surface area contributed by atoms with E-state index in [1.165, 1.54) is 0 Å². The summed E-state index contributed by atoms with van der Waals surface area (Å²) in [4.78, 5) is 11.8. The molecule has 0 radical (unpaired) electrons. The second kappa shape index (κ2) is 4.30. The summed E-state index contributed by atoms with van der Waals surface area (Å²) in [6.45, 7) is 11.2. The van der Waals surface area contributed by atoms with Crippen molar-refractivity contribution in [1.82, 2.24) is 0 Å². The molecule has 1 atom stereocenters. The smallest absolute Gasteiger partial charge is 0.313 e. The molecule has 0 aliphatic carbocycles. The Labute approximate surface area is 87.0 Å². The third-order valence-corrected chi connectivity index (χ3v) is 2.29. The molecule has 0 heterocycles. The maximum absolute atomic E-state index is 11.8. The first kappa shape index (κ1) is 13.4. The van der Waals surface area contributed by atoms with Gasteiger partial charge in [0.25, 0.3) is 0 Å². The first-order valence-electron chi connectivity index (χ1n) is 5.10. The Morgan fingerprint density at radius 3 is 2.00 bits per heavy atom. The van der Waals surface area contributed by atoms with Gasteiger partial charge in [-0.05, 0) is 41.0 Å². The van der Waals surface area contributed by atoms with Crippen molar-refractivity contribution in [3.63, 3.8) is 0 Å². The summed E-state index contributed by atoms with van der Waals surface area (Å²) in [6, 6.07) is -0.155. The van der Waals surface area contributed by atoms with Gasteiger partial charge in [-0.15, -0.1) is 0 Å². The lowest BCUT2D eigenvalue weighted by Gasteiger charge is -2.32. The SMILES string of the molecule is CCC(N)C(C)(C)C(=O)OC(C)(C)C. The van der Waals surface area contributed by atoms with Gasteiger partial charge < -0.3 is 10.5 Å². The standard InChI is InChI=1S/C11H23NO2/c1-7-8(12)11(5,6)9(13)14-10(2,3)4/h8H,7,12H2,1-6H3. The Morgan fingerprint density at radius 2 is 1.71 bits per heavy atom. The van der Waals surface area contributed by atoms with Crippen LogP contribution in [-0.4, -0.2) is 17.6 Å². The lowest BCUT2D eigenvalue weighted by Crippen LogP contribution is -2.45. The van der Waals surface area contributed by atoms with E-state index in [0.29, 0.717) is 0 Å². The molecule has 3 heteroatoms. The fraction of sp³-hybridized carbons (Fsp3) is 0.909. The number of ether oxygens (including phenoxy) is 1. The lowest BCUT2D eigenvalue weighted by molar-refractivity contribution is -0.166. The van der Waals surface area contributed by atoms with Crippen LogP contribution in [0, 0.1) is 5.41 Å². The fourth-order valence-electron chi connectivity index (χ4n) is 1.07. The van der Waals surface area contributed by atoms with Crippen molar-refractivity contribution in [2.75, 3.05) is 0 Å². The van der Waals surface area contributed by atoms with E-state index < -0.39 is 11.0 Å². The molecule has 0 saturated heterocycles. The van der Waals surface area contributed by atoms with Crippen molar-refractivity contribution in [3.8, 4) is 0 Å². The maximum Gasteiger partial charge on any atom is 0.313 e. The highest BCUT2D eigenvalue weighted by atomic mass is 16.6. The van der Waals surface area contributed by atoms with Gasteiger partial charge in [0, 0.05) is 6.04 Å². The first-order chi connectivity index (χ1) is 6.11. The van der Waals surface area contributed by atoms with Crippen LogP contribution in [0.15, 0.2) is 0 Å². The number of carbonyl (C=O) groups is 1. The molecule has 3 nitrogen and oxygen atoms in total. The molecule has 0 bridgehead atoms. The molecule has 0 rings (SSSR count). The molecular formula is C11H23NO2. The minimum Gasteiger partial charge on any atom is -0.460 e. The van der Waals surface area contributed by atoms with Gasteiger partial charge in [0.2, 0.25) is 0 Å². The second-order valence-corrected chi connectivity index (χ2v) is 5.24. The van der Waals surface area contributed by atoms with Gasteiger partial charge in [0.1, 0.15) is 5.60 Å². The molecule has 0 amide bonds. The van der Waals surface area contributed by atoms with Crippen LogP contribution < -0.4 is 5.73 Å². The lowest BCUT2D eigenvalue weighted by atomic mass is 9.83. The monoisotopic (exact) mass is 201 g/mol. The molecular weight excluding hydrogens is 178 g/mol. The van der Waals surface area contributed by atoms with Crippen molar-refractivity contribution in [2.45, 2.75) is 59.6 Å². The van der Waals surface area contributed by atoms with Gasteiger partial charge in [-0.25, -0.2) is 0 Å². The highest BCUT2D eigenvalue weighted by Gasteiger charge is 2.37. The molecule has 0 spiro atoms. The molecule has 0 aromatic heterocycles. The first-order valence-corrected chi connectivity index (χ1v) is 5.10. The number of carbonyl (C=O) groups excluding carboxylic acids is 1. The van der Waals surface area contributed by atoms with Crippen LogP contribution in [0.5, 0.6) is 0 Å². The molecule has 0 saturated carbocycles. The third kappa shape index (κ3) is 3.66. The Morgan fingerprint density at radius 1 is 1.29 bits per heavy atom. The van der Waals surface area contributed by atoms with Crippen LogP contribution in [0.2, 0.25) is 0 Å². The summed E-state index contributed by atoms with van der Waals surface area (Å²) in [7, 11) is 0. The average molecular weight is 201 g/mol. The quantitative estimate of drug-likeness (QED) is 0.711. The molecule has 1 unspecified atom stereocenters. The number of esters is 1. The zero-order chi connectivity index (χ0) is 11.6. The molecule has 0 aromatic carbocycles. The van der Waals surface area contributed by atoms with E-state index in [4.69, 9.17) is 10.5 Å². The van der Waals surface area contributed by atoms with Gasteiger partial charge in [0.05, 0.1) is 5.41 Å². The van der Waals surface area contributed by atoms with Gasteiger partial charge in [-0.2, -0.15) is 0 Å². The fourth-order valence-corrected chi connectivity index (χ4v) is 1.07. The molecule has 0 aliphatic rings. The zero-order valence-corrected chi connectivity index (χ0v) is 10.2. The van der Waals surface area contributed by atoms with Crippen molar-refractivity contribution in [2.24, 2.45) is 11.1 Å². The molecule has 14 heavy (non-hydrogen) atoms. The second-order valence-electron chi connectivity index (χ2n) is 5.24. The topological polar surface area (TPSA) is 52.3 Å². The van der Waals surface area contributed by atoms with Gasteiger partial charge in [0.15, 0.2) is 0 Å². The Hall–Kier alpha value is -0.570. The molecule has 2 N–H and O–H groups in total. The predicted molar refractivity (Wildman–Crippen MR) is 57.9 cm³/mol. The van der Waals surface area contributed by atoms with E-state index in [2.05, 4.69) is 0 Å². The van der Waals surface area contributed by atoms with E-state index in [9.17, 15) is 4.79 Å². The molecule has 0 aromatic rings. The van der Waals surface area contributed by atoms with Gasteiger partial charge >= 0.3 is 5.97 Å². The van der Waals surface area contributed by atoms with Crippen molar-refractivity contribution in [3.05, 3.63) is 0 Å². The molecule has 0 fully saturated rings. The number of rotatable bonds is 3. The normalized spacial score (nSPS) is 15.1. The molecule has 0 aliphatic heterocycles. The highest BCUT2D eigenvalue weighted by molar-refractivity contribution is 5.77. The van der Waals surface area contributed by atoms with E-state index in [0.717, 1.165) is 6.42 Å². The van der Waals surface area contributed by atoms with Gasteiger partial charge in [-0.1, -0.05) is 6.92 Å².